The molecule has 0 N–H and O–H groups in total. The normalized spacial score (nSPS) is 10.2. The van der Waals surface area contributed by atoms with Crippen LogP contribution in [0.25, 0.3) is 0 Å². The van der Waals surface area contributed by atoms with Gasteiger partial charge in [0.25, 0.3) is 0 Å². The summed E-state index contributed by atoms with van der Waals surface area (Å²) in [6, 6.07) is 24.9. The zero-order valence-corrected chi connectivity index (χ0v) is 13.8. The SMILES string of the molecule is COc1cccc(N(C)c2ccccc2)c1C(=O)c1ccccc1. The number of hydrogen-bond donors (Lipinski definition) is 0. The van der Waals surface area contributed by atoms with Crippen LogP contribution in [0, 0.1) is 0 Å². The molecule has 0 aliphatic heterocycles. The van der Waals surface area contributed by atoms with Crippen molar-refractivity contribution in [2.45, 2.75) is 0 Å². The van der Waals surface area contributed by atoms with Gasteiger partial charge >= 0.3 is 0 Å². The van der Waals surface area contributed by atoms with Crippen molar-refractivity contribution < 1.29 is 9.53 Å². The van der Waals surface area contributed by atoms with Crippen LogP contribution in [-0.4, -0.2) is 19.9 Å². The monoisotopic (exact) mass is 317 g/mol. The van der Waals surface area contributed by atoms with Crippen molar-refractivity contribution in [3.63, 3.8) is 0 Å². The highest BCUT2D eigenvalue weighted by atomic mass is 16.5. The second-order valence-electron chi connectivity index (χ2n) is 5.44. The van der Waals surface area contributed by atoms with E-state index in [0.717, 1.165) is 11.4 Å². The van der Waals surface area contributed by atoms with Gasteiger partial charge in [-0.3, -0.25) is 4.79 Å². The summed E-state index contributed by atoms with van der Waals surface area (Å²) in [5.74, 6) is 0.523. The highest BCUT2D eigenvalue weighted by molar-refractivity contribution is 6.14. The lowest BCUT2D eigenvalue weighted by molar-refractivity contribution is 0.103. The Balaban J connectivity index is 2.12. The largest absolute Gasteiger partial charge is 0.496 e. The maximum atomic E-state index is 13.1. The highest BCUT2D eigenvalue weighted by Gasteiger charge is 2.21. The maximum Gasteiger partial charge on any atom is 0.198 e. The van der Waals surface area contributed by atoms with E-state index in [0.29, 0.717) is 16.9 Å². The van der Waals surface area contributed by atoms with Gasteiger partial charge in [-0.25, -0.2) is 0 Å². The quantitative estimate of drug-likeness (QED) is 0.639. The summed E-state index contributed by atoms with van der Waals surface area (Å²) in [6.45, 7) is 0. The molecule has 120 valence electrons. The molecule has 0 saturated heterocycles. The first-order valence-corrected chi connectivity index (χ1v) is 7.78. The molecule has 0 saturated carbocycles. The standard InChI is InChI=1S/C21H19NO2/c1-22(17-12-7-4-8-13-17)18-14-9-15-19(24-2)20(18)21(23)16-10-5-3-6-11-16/h3-15H,1-2H3. The zero-order valence-electron chi connectivity index (χ0n) is 13.8. The number of hydrogen-bond acceptors (Lipinski definition) is 3. The van der Waals surface area contributed by atoms with Crippen molar-refractivity contribution in [1.82, 2.24) is 0 Å². The number of benzene rings is 3. The average Bonchev–Trinajstić information content (AvgIpc) is 2.67. The minimum atomic E-state index is -0.0502. The Bertz CT molecular complexity index is 829. The van der Waals surface area contributed by atoms with Crippen LogP contribution >= 0.6 is 0 Å². The van der Waals surface area contributed by atoms with E-state index < -0.39 is 0 Å². The average molecular weight is 317 g/mol. The minimum absolute atomic E-state index is 0.0502. The molecular weight excluding hydrogens is 298 g/mol. The van der Waals surface area contributed by atoms with Gasteiger partial charge in [-0.15, -0.1) is 0 Å². The Kier molecular flexibility index (Phi) is 4.62. The molecule has 3 aromatic rings. The van der Waals surface area contributed by atoms with Crippen molar-refractivity contribution in [2.24, 2.45) is 0 Å². The number of ketones is 1. The number of methoxy groups -OCH3 is 1. The molecule has 0 amide bonds. The molecule has 0 heterocycles. The van der Waals surface area contributed by atoms with Crippen molar-refractivity contribution >= 4 is 17.2 Å². The topological polar surface area (TPSA) is 29.5 Å². The fraction of sp³-hybridized carbons (Fsp3) is 0.0952. The summed E-state index contributed by atoms with van der Waals surface area (Å²) in [6.07, 6.45) is 0. The molecule has 0 aliphatic rings. The number of ether oxygens (including phenoxy) is 1. The van der Waals surface area contributed by atoms with Crippen molar-refractivity contribution in [3.8, 4) is 5.75 Å². The van der Waals surface area contributed by atoms with E-state index in [2.05, 4.69) is 0 Å². The molecule has 0 aliphatic carbocycles. The fourth-order valence-corrected chi connectivity index (χ4v) is 2.72. The van der Waals surface area contributed by atoms with E-state index >= 15 is 0 Å². The molecule has 0 aromatic heterocycles. The van der Waals surface area contributed by atoms with E-state index in [1.807, 2.05) is 90.8 Å². The summed E-state index contributed by atoms with van der Waals surface area (Å²) in [7, 11) is 3.54. The molecule has 24 heavy (non-hydrogen) atoms. The Morgan fingerprint density at radius 1 is 0.833 bits per heavy atom. The molecule has 3 rings (SSSR count). The molecular formula is C21H19NO2. The van der Waals surface area contributed by atoms with Crippen LogP contribution in [0.15, 0.2) is 78.9 Å². The summed E-state index contributed by atoms with van der Waals surface area (Å²) in [5, 5.41) is 0. The lowest BCUT2D eigenvalue weighted by atomic mass is 9.99. The van der Waals surface area contributed by atoms with Gasteiger partial charge in [0, 0.05) is 18.3 Å². The van der Waals surface area contributed by atoms with Gasteiger partial charge < -0.3 is 9.64 Å². The molecule has 0 atom stereocenters. The van der Waals surface area contributed by atoms with Gasteiger partial charge in [-0.1, -0.05) is 54.6 Å². The van der Waals surface area contributed by atoms with Gasteiger partial charge in [0.15, 0.2) is 5.78 Å². The third-order valence-electron chi connectivity index (χ3n) is 3.99. The minimum Gasteiger partial charge on any atom is -0.496 e. The van der Waals surface area contributed by atoms with E-state index in [9.17, 15) is 4.79 Å². The van der Waals surface area contributed by atoms with Crippen LogP contribution in [0.1, 0.15) is 15.9 Å². The summed E-state index contributed by atoms with van der Waals surface area (Å²) in [4.78, 5) is 15.1. The number of carbonyl (C=O) groups excluding carboxylic acids is 1. The van der Waals surface area contributed by atoms with Crippen LogP contribution in [0.5, 0.6) is 5.75 Å². The molecule has 0 bridgehead atoms. The van der Waals surface area contributed by atoms with Gasteiger partial charge in [0.2, 0.25) is 0 Å². The highest BCUT2D eigenvalue weighted by Crippen LogP contribution is 2.34. The van der Waals surface area contributed by atoms with E-state index in [-0.39, 0.29) is 5.78 Å². The summed E-state index contributed by atoms with van der Waals surface area (Å²) in [5.41, 5.74) is 3.03. The number of nitrogens with zero attached hydrogens (tertiary/aromatic N) is 1. The molecule has 3 aromatic carbocycles. The Morgan fingerprint density at radius 3 is 2.08 bits per heavy atom. The van der Waals surface area contributed by atoms with Gasteiger partial charge in [-0.2, -0.15) is 0 Å². The van der Waals surface area contributed by atoms with Crippen LogP contribution in [0.3, 0.4) is 0 Å². The molecule has 0 unspecified atom stereocenters. The van der Waals surface area contributed by atoms with Crippen LogP contribution in [-0.2, 0) is 0 Å². The second kappa shape index (κ2) is 7.01. The van der Waals surface area contributed by atoms with Gasteiger partial charge in [0.05, 0.1) is 18.4 Å². The molecule has 3 heteroatoms. The number of rotatable bonds is 5. The first-order valence-electron chi connectivity index (χ1n) is 7.78. The Morgan fingerprint density at radius 2 is 1.46 bits per heavy atom. The first-order chi connectivity index (χ1) is 11.7. The molecule has 0 radical (unpaired) electrons. The predicted molar refractivity (Wildman–Crippen MR) is 97.4 cm³/mol. The molecule has 0 fully saturated rings. The lowest BCUT2D eigenvalue weighted by Crippen LogP contribution is -2.15. The van der Waals surface area contributed by atoms with Crippen molar-refractivity contribution in [3.05, 3.63) is 90.0 Å². The third kappa shape index (κ3) is 3.01. The summed E-state index contributed by atoms with van der Waals surface area (Å²) < 4.78 is 5.47. The number of carbonyl (C=O) groups is 1. The fourth-order valence-electron chi connectivity index (χ4n) is 2.72. The Hall–Kier alpha value is -3.07. The maximum absolute atomic E-state index is 13.1. The molecule has 0 spiro atoms. The van der Waals surface area contributed by atoms with Crippen LogP contribution < -0.4 is 9.64 Å². The van der Waals surface area contributed by atoms with Crippen LogP contribution in [0.4, 0.5) is 11.4 Å². The molecule has 3 nitrogen and oxygen atoms in total. The predicted octanol–water partition coefficient (Wildman–Crippen LogP) is 4.69. The van der Waals surface area contributed by atoms with Gasteiger partial charge in [0.1, 0.15) is 5.75 Å². The smallest absolute Gasteiger partial charge is 0.198 e. The number of anilines is 2. The zero-order chi connectivity index (χ0) is 16.9. The van der Waals surface area contributed by atoms with Crippen molar-refractivity contribution in [2.75, 3.05) is 19.1 Å². The van der Waals surface area contributed by atoms with E-state index in [4.69, 9.17) is 4.74 Å². The van der Waals surface area contributed by atoms with E-state index in [1.54, 1.807) is 7.11 Å². The van der Waals surface area contributed by atoms with Crippen molar-refractivity contribution in [1.29, 1.82) is 0 Å². The lowest BCUT2D eigenvalue weighted by Gasteiger charge is -2.23. The summed E-state index contributed by atoms with van der Waals surface area (Å²) >= 11 is 0. The van der Waals surface area contributed by atoms with E-state index in [1.165, 1.54) is 0 Å². The van der Waals surface area contributed by atoms with Gasteiger partial charge in [-0.05, 0) is 24.3 Å². The van der Waals surface area contributed by atoms with Crippen LogP contribution in [0.2, 0.25) is 0 Å². The first kappa shape index (κ1) is 15.8. The Labute approximate surface area is 142 Å². The third-order valence-corrected chi connectivity index (χ3v) is 3.99. The second-order valence-corrected chi connectivity index (χ2v) is 5.44. The number of para-hydroxylation sites is 1.